The number of rotatable bonds is 4. The Bertz CT molecular complexity index is 186. The zero-order valence-corrected chi connectivity index (χ0v) is 9.55. The van der Waals surface area contributed by atoms with Crippen molar-refractivity contribution in [2.75, 3.05) is 19.6 Å². The van der Waals surface area contributed by atoms with Crippen molar-refractivity contribution in [2.45, 2.75) is 39.7 Å². The van der Waals surface area contributed by atoms with Crippen LogP contribution >= 0.6 is 0 Å². The average molecular weight is 198 g/mol. The van der Waals surface area contributed by atoms with Crippen LogP contribution in [-0.2, 0) is 4.79 Å². The van der Waals surface area contributed by atoms with Crippen molar-refractivity contribution < 1.29 is 4.79 Å². The van der Waals surface area contributed by atoms with E-state index in [9.17, 15) is 4.79 Å². The molecule has 1 heterocycles. The maximum Gasteiger partial charge on any atom is 0.237 e. The second-order valence-corrected chi connectivity index (χ2v) is 4.56. The molecule has 0 aromatic carbocycles. The van der Waals surface area contributed by atoms with Gasteiger partial charge in [0.05, 0.1) is 6.04 Å². The molecule has 1 N–H and O–H groups in total. The summed E-state index contributed by atoms with van der Waals surface area (Å²) in [6.45, 7) is 9.17. The Morgan fingerprint density at radius 1 is 1.29 bits per heavy atom. The third kappa shape index (κ3) is 3.29. The van der Waals surface area contributed by atoms with Gasteiger partial charge in [0.25, 0.3) is 0 Å². The molecule has 1 aliphatic rings. The summed E-state index contributed by atoms with van der Waals surface area (Å²) in [5.41, 5.74) is 0. The van der Waals surface area contributed by atoms with Crippen molar-refractivity contribution in [3.8, 4) is 0 Å². The summed E-state index contributed by atoms with van der Waals surface area (Å²) in [5, 5.41) is 2.98. The molecular weight excluding hydrogens is 176 g/mol. The van der Waals surface area contributed by atoms with Crippen LogP contribution in [0.5, 0.6) is 0 Å². The standard InChI is InChI=1S/C11H22N2O/c1-9(2)8-12-11(14)10(3)13-6-4-5-7-13/h9-10H,4-8H2,1-3H3,(H,12,14)/t10-/m1/s1. The molecule has 3 heteroatoms. The summed E-state index contributed by atoms with van der Waals surface area (Å²) in [6.07, 6.45) is 2.48. The van der Waals surface area contributed by atoms with Gasteiger partial charge < -0.3 is 5.32 Å². The molecule has 1 aliphatic heterocycles. The Hall–Kier alpha value is -0.570. The van der Waals surface area contributed by atoms with Gasteiger partial charge >= 0.3 is 0 Å². The molecule has 1 amide bonds. The molecule has 3 nitrogen and oxygen atoms in total. The molecular formula is C11H22N2O. The number of nitrogens with zero attached hydrogens (tertiary/aromatic N) is 1. The van der Waals surface area contributed by atoms with Gasteiger partial charge in [-0.3, -0.25) is 9.69 Å². The van der Waals surface area contributed by atoms with Gasteiger partial charge in [0.2, 0.25) is 5.91 Å². The van der Waals surface area contributed by atoms with Crippen LogP contribution in [0, 0.1) is 5.92 Å². The molecule has 0 unspecified atom stereocenters. The summed E-state index contributed by atoms with van der Waals surface area (Å²) in [5.74, 6) is 0.713. The van der Waals surface area contributed by atoms with Crippen molar-refractivity contribution in [1.82, 2.24) is 10.2 Å². The highest BCUT2D eigenvalue weighted by molar-refractivity contribution is 5.81. The van der Waals surface area contributed by atoms with Crippen molar-refractivity contribution >= 4 is 5.91 Å². The monoisotopic (exact) mass is 198 g/mol. The number of hydrogen-bond acceptors (Lipinski definition) is 2. The Kier molecular flexibility index (Phi) is 4.39. The minimum Gasteiger partial charge on any atom is -0.354 e. The highest BCUT2D eigenvalue weighted by atomic mass is 16.2. The maximum atomic E-state index is 11.7. The van der Waals surface area contributed by atoms with Crippen molar-refractivity contribution in [3.63, 3.8) is 0 Å². The molecule has 1 fully saturated rings. The predicted molar refractivity (Wildman–Crippen MR) is 58.1 cm³/mol. The predicted octanol–water partition coefficient (Wildman–Crippen LogP) is 1.24. The normalized spacial score (nSPS) is 20.0. The molecule has 0 bridgehead atoms. The van der Waals surface area contributed by atoms with Crippen LogP contribution in [0.2, 0.25) is 0 Å². The van der Waals surface area contributed by atoms with E-state index in [1.165, 1.54) is 12.8 Å². The second-order valence-electron chi connectivity index (χ2n) is 4.56. The molecule has 1 saturated heterocycles. The van der Waals surface area contributed by atoms with E-state index >= 15 is 0 Å². The van der Waals surface area contributed by atoms with Crippen LogP contribution in [-0.4, -0.2) is 36.5 Å². The van der Waals surface area contributed by atoms with Crippen molar-refractivity contribution in [1.29, 1.82) is 0 Å². The Morgan fingerprint density at radius 2 is 1.86 bits per heavy atom. The summed E-state index contributed by atoms with van der Waals surface area (Å²) in [4.78, 5) is 13.9. The Morgan fingerprint density at radius 3 is 2.36 bits per heavy atom. The number of hydrogen-bond donors (Lipinski definition) is 1. The number of nitrogens with one attached hydrogen (secondary N) is 1. The third-order valence-electron chi connectivity index (χ3n) is 2.75. The van der Waals surface area contributed by atoms with Gasteiger partial charge in [-0.25, -0.2) is 0 Å². The third-order valence-corrected chi connectivity index (χ3v) is 2.75. The lowest BCUT2D eigenvalue weighted by molar-refractivity contribution is -0.125. The lowest BCUT2D eigenvalue weighted by Gasteiger charge is -2.23. The fourth-order valence-corrected chi connectivity index (χ4v) is 1.75. The lowest BCUT2D eigenvalue weighted by atomic mass is 10.2. The highest BCUT2D eigenvalue weighted by Crippen LogP contribution is 2.11. The molecule has 1 atom stereocenters. The van der Waals surface area contributed by atoms with Crippen LogP contribution in [0.4, 0.5) is 0 Å². The Balaban J connectivity index is 2.28. The number of carbonyl (C=O) groups excluding carboxylic acids is 1. The van der Waals surface area contributed by atoms with E-state index in [0.717, 1.165) is 19.6 Å². The highest BCUT2D eigenvalue weighted by Gasteiger charge is 2.23. The lowest BCUT2D eigenvalue weighted by Crippen LogP contribution is -2.44. The first-order valence-corrected chi connectivity index (χ1v) is 5.63. The smallest absolute Gasteiger partial charge is 0.237 e. The van der Waals surface area contributed by atoms with Gasteiger partial charge in [-0.05, 0) is 38.8 Å². The van der Waals surface area contributed by atoms with Crippen molar-refractivity contribution in [2.24, 2.45) is 5.92 Å². The van der Waals surface area contributed by atoms with Gasteiger partial charge in [0, 0.05) is 6.54 Å². The molecule has 1 rings (SSSR count). The molecule has 0 spiro atoms. The van der Waals surface area contributed by atoms with E-state index in [1.807, 2.05) is 6.92 Å². The minimum atomic E-state index is 0.0521. The van der Waals surface area contributed by atoms with Crippen LogP contribution in [0.15, 0.2) is 0 Å². The summed E-state index contributed by atoms with van der Waals surface area (Å²) in [7, 11) is 0. The number of carbonyl (C=O) groups is 1. The summed E-state index contributed by atoms with van der Waals surface area (Å²) >= 11 is 0. The van der Waals surface area contributed by atoms with Gasteiger partial charge in [0.1, 0.15) is 0 Å². The van der Waals surface area contributed by atoms with Gasteiger partial charge in [-0.2, -0.15) is 0 Å². The van der Waals surface area contributed by atoms with Gasteiger partial charge in [-0.15, -0.1) is 0 Å². The SMILES string of the molecule is CC(C)CNC(=O)[C@@H](C)N1CCCC1. The minimum absolute atomic E-state index is 0.0521. The molecule has 0 aliphatic carbocycles. The first-order valence-electron chi connectivity index (χ1n) is 5.63. The molecule has 0 radical (unpaired) electrons. The average Bonchev–Trinajstić information content (AvgIpc) is 2.65. The van der Waals surface area contributed by atoms with Gasteiger partial charge in [0.15, 0.2) is 0 Å². The quantitative estimate of drug-likeness (QED) is 0.737. The first kappa shape index (κ1) is 11.5. The number of amides is 1. The summed E-state index contributed by atoms with van der Waals surface area (Å²) < 4.78 is 0. The topological polar surface area (TPSA) is 32.3 Å². The number of likely N-dealkylation sites (tertiary alicyclic amines) is 1. The summed E-state index contributed by atoms with van der Waals surface area (Å²) in [6, 6.07) is 0.0521. The van der Waals surface area contributed by atoms with E-state index < -0.39 is 0 Å². The molecule has 14 heavy (non-hydrogen) atoms. The molecule has 0 saturated carbocycles. The van der Waals surface area contributed by atoms with Crippen LogP contribution in [0.3, 0.4) is 0 Å². The zero-order valence-electron chi connectivity index (χ0n) is 9.55. The van der Waals surface area contributed by atoms with E-state index in [-0.39, 0.29) is 11.9 Å². The maximum absolute atomic E-state index is 11.7. The van der Waals surface area contributed by atoms with Crippen LogP contribution in [0.1, 0.15) is 33.6 Å². The molecule has 82 valence electrons. The van der Waals surface area contributed by atoms with E-state index in [2.05, 4.69) is 24.1 Å². The van der Waals surface area contributed by atoms with E-state index in [4.69, 9.17) is 0 Å². The molecule has 0 aromatic rings. The fourth-order valence-electron chi connectivity index (χ4n) is 1.75. The van der Waals surface area contributed by atoms with E-state index in [0.29, 0.717) is 5.92 Å². The second kappa shape index (κ2) is 5.35. The van der Waals surface area contributed by atoms with Crippen molar-refractivity contribution in [3.05, 3.63) is 0 Å². The fraction of sp³-hybridized carbons (Fsp3) is 0.909. The van der Waals surface area contributed by atoms with E-state index in [1.54, 1.807) is 0 Å². The molecule has 0 aromatic heterocycles. The largest absolute Gasteiger partial charge is 0.354 e. The Labute approximate surface area is 86.9 Å². The van der Waals surface area contributed by atoms with Crippen LogP contribution < -0.4 is 5.32 Å². The first-order chi connectivity index (χ1) is 6.61. The zero-order chi connectivity index (χ0) is 10.6. The van der Waals surface area contributed by atoms with Gasteiger partial charge in [-0.1, -0.05) is 13.8 Å². The van der Waals surface area contributed by atoms with Crippen LogP contribution in [0.25, 0.3) is 0 Å².